The van der Waals surface area contributed by atoms with E-state index in [9.17, 15) is 9.59 Å². The maximum absolute atomic E-state index is 12.2. The zero-order valence-corrected chi connectivity index (χ0v) is 18.4. The number of halogens is 1. The molecule has 0 atom stereocenters. The molecule has 0 heterocycles. The van der Waals surface area contributed by atoms with Crippen LogP contribution >= 0.6 is 34.8 Å². The lowest BCUT2D eigenvalue weighted by molar-refractivity contribution is 0.0934. The molecule has 2 aromatic rings. The number of rotatable bonds is 7. The minimum Gasteiger partial charge on any atom is -0.494 e. The van der Waals surface area contributed by atoms with Gasteiger partial charge in [-0.15, -0.1) is 0 Å². The van der Waals surface area contributed by atoms with Crippen molar-refractivity contribution in [3.63, 3.8) is 0 Å². The third-order valence-corrected chi connectivity index (χ3v) is 4.91. The van der Waals surface area contributed by atoms with Crippen LogP contribution in [0.25, 0.3) is 0 Å². The number of thiocarbonyl (C=S) groups is 1. The zero-order chi connectivity index (χ0) is 20.4. The van der Waals surface area contributed by atoms with Crippen molar-refractivity contribution in [1.29, 1.82) is 0 Å². The standard InChI is InChI=1S/C20H22IN3O3S/c1-2-3-6-13-27-15-11-9-14(10-12-15)18(25)22-20(28)24-23-19(26)16-7-4-5-8-17(16)21/h4-5,7-12H,2-3,6,13H2,1H3,(H,23,26)(H2,22,24,25,28). The van der Waals surface area contributed by atoms with E-state index in [1.165, 1.54) is 0 Å². The van der Waals surface area contributed by atoms with Gasteiger partial charge in [-0.25, -0.2) is 0 Å². The van der Waals surface area contributed by atoms with E-state index < -0.39 is 0 Å². The summed E-state index contributed by atoms with van der Waals surface area (Å²) in [7, 11) is 0. The fourth-order valence-corrected chi connectivity index (χ4v) is 3.05. The Hall–Kier alpha value is -2.20. The summed E-state index contributed by atoms with van der Waals surface area (Å²) in [6.45, 7) is 2.80. The van der Waals surface area contributed by atoms with Gasteiger partial charge in [-0.1, -0.05) is 31.9 Å². The summed E-state index contributed by atoms with van der Waals surface area (Å²) in [5, 5.41) is 2.52. The van der Waals surface area contributed by atoms with E-state index in [1.54, 1.807) is 36.4 Å². The highest BCUT2D eigenvalue weighted by atomic mass is 127. The number of hydrogen-bond acceptors (Lipinski definition) is 4. The van der Waals surface area contributed by atoms with E-state index in [-0.39, 0.29) is 16.9 Å². The lowest BCUT2D eigenvalue weighted by atomic mass is 10.2. The lowest BCUT2D eigenvalue weighted by Crippen LogP contribution is -2.48. The third kappa shape index (κ3) is 7.08. The molecule has 6 nitrogen and oxygen atoms in total. The quantitative estimate of drug-likeness (QED) is 0.228. The Balaban J connectivity index is 1.79. The van der Waals surface area contributed by atoms with Crippen LogP contribution in [-0.4, -0.2) is 23.5 Å². The largest absolute Gasteiger partial charge is 0.494 e. The first-order chi connectivity index (χ1) is 13.5. The summed E-state index contributed by atoms with van der Waals surface area (Å²) in [5.41, 5.74) is 5.95. The molecule has 0 aliphatic heterocycles. The van der Waals surface area contributed by atoms with Crippen molar-refractivity contribution in [2.24, 2.45) is 0 Å². The lowest BCUT2D eigenvalue weighted by Gasteiger charge is -2.12. The van der Waals surface area contributed by atoms with Gasteiger partial charge in [0.15, 0.2) is 5.11 Å². The van der Waals surface area contributed by atoms with Gasteiger partial charge in [-0.2, -0.15) is 0 Å². The Kier molecular flexibility index (Phi) is 9.15. The number of hydrazine groups is 1. The van der Waals surface area contributed by atoms with Crippen LogP contribution in [0.15, 0.2) is 48.5 Å². The average molecular weight is 511 g/mol. The summed E-state index contributed by atoms with van der Waals surface area (Å²) in [6, 6.07) is 14.0. The second-order valence-corrected chi connectivity index (χ2v) is 7.49. The Labute approximate surface area is 183 Å². The van der Waals surface area contributed by atoms with Crippen molar-refractivity contribution in [3.8, 4) is 5.75 Å². The first-order valence-corrected chi connectivity index (χ1v) is 10.4. The SMILES string of the molecule is CCCCCOc1ccc(C(=O)NC(=S)NNC(=O)c2ccccc2I)cc1. The number of carbonyl (C=O) groups excluding carboxylic acids is 2. The van der Waals surface area contributed by atoms with Crippen molar-refractivity contribution in [3.05, 3.63) is 63.2 Å². The van der Waals surface area contributed by atoms with Crippen LogP contribution in [0.2, 0.25) is 0 Å². The van der Waals surface area contributed by atoms with Gasteiger partial charge < -0.3 is 4.74 Å². The first-order valence-electron chi connectivity index (χ1n) is 8.90. The molecule has 0 spiro atoms. The molecule has 148 valence electrons. The van der Waals surface area contributed by atoms with Crippen molar-refractivity contribution < 1.29 is 14.3 Å². The molecule has 0 saturated carbocycles. The van der Waals surface area contributed by atoms with Crippen LogP contribution in [0, 0.1) is 3.57 Å². The fourth-order valence-electron chi connectivity index (χ4n) is 2.28. The van der Waals surface area contributed by atoms with Gasteiger partial charge in [0.05, 0.1) is 12.2 Å². The normalized spacial score (nSPS) is 10.1. The van der Waals surface area contributed by atoms with Crippen molar-refractivity contribution in [1.82, 2.24) is 16.2 Å². The second-order valence-electron chi connectivity index (χ2n) is 5.92. The molecule has 2 rings (SSSR count). The third-order valence-electron chi connectivity index (χ3n) is 3.77. The molecule has 0 aromatic heterocycles. The number of hydrogen-bond donors (Lipinski definition) is 3. The van der Waals surface area contributed by atoms with Gasteiger partial charge in [-0.05, 0) is 77.6 Å². The summed E-state index contributed by atoms with van der Waals surface area (Å²) in [4.78, 5) is 24.4. The maximum Gasteiger partial charge on any atom is 0.270 e. The predicted octanol–water partition coefficient (Wildman–Crippen LogP) is 3.81. The molecule has 8 heteroatoms. The molecule has 0 radical (unpaired) electrons. The minimum atomic E-state index is -0.376. The molecule has 0 aliphatic carbocycles. The molecule has 0 bridgehead atoms. The summed E-state index contributed by atoms with van der Waals surface area (Å²) in [6.07, 6.45) is 3.28. The van der Waals surface area contributed by atoms with E-state index in [0.717, 1.165) is 28.6 Å². The van der Waals surface area contributed by atoms with Gasteiger partial charge in [-0.3, -0.25) is 25.8 Å². The minimum absolute atomic E-state index is 0.00387. The summed E-state index contributed by atoms with van der Waals surface area (Å²) in [5.74, 6) is 0.00262. The molecule has 2 amide bonds. The summed E-state index contributed by atoms with van der Waals surface area (Å²) < 4.78 is 6.43. The molecule has 28 heavy (non-hydrogen) atoms. The molecule has 0 aliphatic rings. The molecule has 0 fully saturated rings. The average Bonchev–Trinajstić information content (AvgIpc) is 2.70. The highest BCUT2D eigenvalue weighted by molar-refractivity contribution is 14.1. The highest BCUT2D eigenvalue weighted by Crippen LogP contribution is 2.13. The van der Waals surface area contributed by atoms with Crippen molar-refractivity contribution >= 4 is 51.7 Å². The van der Waals surface area contributed by atoms with Gasteiger partial charge in [0.1, 0.15) is 5.75 Å². The Morgan fingerprint density at radius 3 is 2.39 bits per heavy atom. The van der Waals surface area contributed by atoms with E-state index >= 15 is 0 Å². The zero-order valence-electron chi connectivity index (χ0n) is 15.5. The van der Waals surface area contributed by atoms with Crippen molar-refractivity contribution in [2.45, 2.75) is 26.2 Å². The summed E-state index contributed by atoms with van der Waals surface area (Å²) >= 11 is 7.13. The van der Waals surface area contributed by atoms with Crippen LogP contribution in [0.5, 0.6) is 5.75 Å². The number of ether oxygens (including phenoxy) is 1. The van der Waals surface area contributed by atoms with Crippen LogP contribution in [0.1, 0.15) is 46.9 Å². The Bertz CT molecular complexity index is 828. The van der Waals surface area contributed by atoms with Crippen LogP contribution in [0.3, 0.4) is 0 Å². The number of amides is 2. The molecule has 0 saturated heterocycles. The van der Waals surface area contributed by atoms with Gasteiger partial charge >= 0.3 is 0 Å². The smallest absolute Gasteiger partial charge is 0.270 e. The number of carbonyl (C=O) groups is 2. The van der Waals surface area contributed by atoms with Crippen LogP contribution in [0.4, 0.5) is 0 Å². The Morgan fingerprint density at radius 1 is 1.00 bits per heavy atom. The number of unbranched alkanes of at least 4 members (excludes halogenated alkanes) is 2. The second kappa shape index (κ2) is 11.6. The molecular formula is C20H22IN3O3S. The Morgan fingerprint density at radius 2 is 1.71 bits per heavy atom. The molecule has 2 aromatic carbocycles. The van der Waals surface area contributed by atoms with E-state index in [4.69, 9.17) is 17.0 Å². The fraction of sp³-hybridized carbons (Fsp3) is 0.250. The maximum atomic E-state index is 12.2. The van der Waals surface area contributed by atoms with Crippen LogP contribution < -0.4 is 20.9 Å². The molecule has 3 N–H and O–H groups in total. The number of nitrogens with one attached hydrogen (secondary N) is 3. The predicted molar refractivity (Wildman–Crippen MR) is 121 cm³/mol. The molecule has 0 unspecified atom stereocenters. The van der Waals surface area contributed by atoms with Crippen molar-refractivity contribution in [2.75, 3.05) is 6.61 Å². The first kappa shape index (κ1) is 22.1. The monoisotopic (exact) mass is 511 g/mol. The number of benzene rings is 2. The van der Waals surface area contributed by atoms with E-state index in [2.05, 4.69) is 45.7 Å². The van der Waals surface area contributed by atoms with Crippen LogP contribution in [-0.2, 0) is 0 Å². The van der Waals surface area contributed by atoms with E-state index in [0.29, 0.717) is 17.7 Å². The topological polar surface area (TPSA) is 79.5 Å². The highest BCUT2D eigenvalue weighted by Gasteiger charge is 2.11. The van der Waals surface area contributed by atoms with Gasteiger partial charge in [0, 0.05) is 9.13 Å². The van der Waals surface area contributed by atoms with Gasteiger partial charge in [0.2, 0.25) is 0 Å². The molecular weight excluding hydrogens is 489 g/mol. The van der Waals surface area contributed by atoms with Gasteiger partial charge in [0.25, 0.3) is 11.8 Å². The van der Waals surface area contributed by atoms with E-state index in [1.807, 2.05) is 12.1 Å².